The van der Waals surface area contributed by atoms with Gasteiger partial charge in [-0.1, -0.05) is 119 Å². The molecule has 38 heavy (non-hydrogen) atoms. The van der Waals surface area contributed by atoms with Crippen LogP contribution in [-0.4, -0.2) is 62.4 Å². The van der Waals surface area contributed by atoms with Crippen LogP contribution in [0.25, 0.3) is 0 Å². The van der Waals surface area contributed by atoms with Crippen molar-refractivity contribution < 1.29 is 17.0 Å². The fourth-order valence-electron chi connectivity index (χ4n) is 6.45. The van der Waals surface area contributed by atoms with Crippen LogP contribution in [0.5, 0.6) is 0 Å². The lowest BCUT2D eigenvalue weighted by Crippen LogP contribution is -3.00. The molecule has 0 N–H and O–H groups in total. The van der Waals surface area contributed by atoms with Crippen molar-refractivity contribution in [2.75, 3.05) is 20.3 Å². The SMILES string of the molecule is C=CC[Si](C)(C)CCC[Si](CCCN1C=CN(C)C1)(CCC[Si](C)(C)CC=C)CCC[Si](C)(C)CC=C.[Br-]. The van der Waals surface area contributed by atoms with Crippen molar-refractivity contribution in [3.8, 4) is 0 Å². The summed E-state index contributed by atoms with van der Waals surface area (Å²) < 4.78 is 0. The molecule has 7 heteroatoms. The molecule has 0 aromatic heterocycles. The lowest BCUT2D eigenvalue weighted by Gasteiger charge is -2.36. The molecular weight excluding hydrogens is 593 g/mol. The van der Waals surface area contributed by atoms with E-state index >= 15 is 0 Å². The Balaban J connectivity index is 0.0000137. The van der Waals surface area contributed by atoms with Gasteiger partial charge in [0, 0.05) is 26.0 Å². The second-order valence-corrected chi connectivity index (χ2v) is 35.4. The van der Waals surface area contributed by atoms with Crippen LogP contribution in [0.1, 0.15) is 25.7 Å². The minimum atomic E-state index is -1.33. The topological polar surface area (TPSA) is 6.48 Å². The standard InChI is InChI=1S/C31H64N2Si4.BrH/c1-11-21-34(5,6)24-15-28-37(29-16-25-35(7,8)22-12-2,30-17-26-36(9,10)23-13-3)27-14-18-33-20-19-32(4)31-33;/h11-13,19-20H,1-3,14-18,21-31H2,4-10H3;1H/p-1. The maximum atomic E-state index is 4.07. The van der Waals surface area contributed by atoms with Gasteiger partial charge >= 0.3 is 0 Å². The molecule has 1 aliphatic heterocycles. The van der Waals surface area contributed by atoms with E-state index in [1.165, 1.54) is 74.5 Å². The Hall–Kier alpha value is -0.0925. The molecule has 1 aliphatic rings. The summed E-state index contributed by atoms with van der Waals surface area (Å²) in [5.41, 5.74) is 0. The van der Waals surface area contributed by atoms with Crippen molar-refractivity contribution in [1.82, 2.24) is 9.80 Å². The molecule has 0 bridgehead atoms. The monoisotopic (exact) mass is 655 g/mol. The van der Waals surface area contributed by atoms with Crippen LogP contribution in [0.15, 0.2) is 50.4 Å². The molecular formula is C31H64BrN2Si4-. The molecule has 1 rings (SSSR count). The predicted octanol–water partition coefficient (Wildman–Crippen LogP) is 7.36. The van der Waals surface area contributed by atoms with Gasteiger partial charge in [-0.2, -0.15) is 0 Å². The molecule has 0 aromatic carbocycles. The van der Waals surface area contributed by atoms with Gasteiger partial charge in [-0.15, -0.1) is 19.7 Å². The zero-order valence-electron chi connectivity index (χ0n) is 26.6. The fraction of sp³-hybridized carbons (Fsp3) is 0.742. The number of allylic oxidation sites excluding steroid dienone is 3. The highest BCUT2D eigenvalue weighted by molar-refractivity contribution is 6.82. The lowest BCUT2D eigenvalue weighted by atomic mass is 10.4. The Bertz CT molecular complexity index is 651. The third-order valence-electron chi connectivity index (χ3n) is 8.86. The average Bonchev–Trinajstić information content (AvgIpc) is 3.18. The van der Waals surface area contributed by atoms with E-state index in [4.69, 9.17) is 0 Å². The molecule has 2 nitrogen and oxygen atoms in total. The summed E-state index contributed by atoms with van der Waals surface area (Å²) in [6.45, 7) is 30.0. The Morgan fingerprint density at radius 1 is 0.605 bits per heavy atom. The van der Waals surface area contributed by atoms with Gasteiger partial charge in [-0.3, -0.25) is 0 Å². The normalized spacial score (nSPS) is 14.5. The van der Waals surface area contributed by atoms with Crippen molar-refractivity contribution in [2.24, 2.45) is 0 Å². The van der Waals surface area contributed by atoms with Crippen molar-refractivity contribution >= 4 is 32.3 Å². The van der Waals surface area contributed by atoms with Gasteiger partial charge in [-0.05, 0) is 24.6 Å². The minimum absolute atomic E-state index is 0. The summed E-state index contributed by atoms with van der Waals surface area (Å²) in [4.78, 5) is 4.83. The summed E-state index contributed by atoms with van der Waals surface area (Å²) >= 11 is 0. The van der Waals surface area contributed by atoms with Gasteiger partial charge < -0.3 is 26.8 Å². The number of hydrogen-bond donors (Lipinski definition) is 0. The first-order valence-corrected chi connectivity index (χ1v) is 28.3. The van der Waals surface area contributed by atoms with Crippen molar-refractivity contribution in [3.63, 3.8) is 0 Å². The first kappa shape index (κ1) is 37.9. The summed E-state index contributed by atoms with van der Waals surface area (Å²) in [7, 11) is -2.54. The van der Waals surface area contributed by atoms with Crippen LogP contribution < -0.4 is 17.0 Å². The van der Waals surface area contributed by atoms with Crippen LogP contribution in [0.4, 0.5) is 0 Å². The molecule has 0 fully saturated rings. The van der Waals surface area contributed by atoms with Gasteiger partial charge in [0.15, 0.2) is 0 Å². The van der Waals surface area contributed by atoms with Gasteiger partial charge in [0.2, 0.25) is 0 Å². The third-order valence-corrected chi connectivity index (χ3v) is 23.8. The maximum absolute atomic E-state index is 4.07. The smallest absolute Gasteiger partial charge is 0.0890 e. The Labute approximate surface area is 253 Å². The van der Waals surface area contributed by atoms with Crippen LogP contribution in [0, 0.1) is 0 Å². The van der Waals surface area contributed by atoms with Crippen LogP contribution in [-0.2, 0) is 0 Å². The van der Waals surface area contributed by atoms with E-state index in [0.717, 1.165) is 6.67 Å². The van der Waals surface area contributed by atoms with E-state index in [-0.39, 0.29) is 17.0 Å². The Morgan fingerprint density at radius 3 is 1.29 bits per heavy atom. The van der Waals surface area contributed by atoms with Gasteiger partial charge in [-0.25, -0.2) is 0 Å². The summed E-state index contributed by atoms with van der Waals surface area (Å²) in [5, 5.41) is 0. The average molecular weight is 657 g/mol. The van der Waals surface area contributed by atoms with Gasteiger partial charge in [0.1, 0.15) is 0 Å². The van der Waals surface area contributed by atoms with Gasteiger partial charge in [0.25, 0.3) is 0 Å². The first-order valence-electron chi connectivity index (χ1n) is 15.2. The second kappa shape index (κ2) is 18.4. The van der Waals surface area contributed by atoms with E-state index in [1.54, 1.807) is 18.1 Å². The fourth-order valence-corrected chi connectivity index (χ4v) is 19.1. The highest BCUT2D eigenvalue weighted by atomic mass is 79.9. The van der Waals surface area contributed by atoms with E-state index in [0.29, 0.717) is 0 Å². The Morgan fingerprint density at radius 2 is 0.974 bits per heavy atom. The number of halogens is 1. The zero-order valence-corrected chi connectivity index (χ0v) is 32.2. The molecule has 0 saturated carbocycles. The quantitative estimate of drug-likeness (QED) is 0.0888. The summed E-state index contributed by atoms with van der Waals surface area (Å²) in [6, 6.07) is 14.5. The van der Waals surface area contributed by atoms with Crippen LogP contribution in [0.2, 0.25) is 99.7 Å². The van der Waals surface area contributed by atoms with E-state index in [9.17, 15) is 0 Å². The molecule has 1 heterocycles. The van der Waals surface area contributed by atoms with E-state index < -0.39 is 32.3 Å². The first-order chi connectivity index (χ1) is 17.3. The van der Waals surface area contributed by atoms with E-state index in [2.05, 4.69) is 106 Å². The summed E-state index contributed by atoms with van der Waals surface area (Å²) in [5.74, 6) is 0. The Kier molecular flexibility index (Phi) is 18.3. The molecule has 0 spiro atoms. The number of rotatable bonds is 22. The van der Waals surface area contributed by atoms with Crippen LogP contribution in [0.3, 0.4) is 0 Å². The molecule has 0 aromatic rings. The zero-order chi connectivity index (χ0) is 28.0. The summed E-state index contributed by atoms with van der Waals surface area (Å²) in [6.07, 6.45) is 16.9. The molecule has 0 unspecified atom stereocenters. The largest absolute Gasteiger partial charge is 1.00 e. The molecule has 0 aliphatic carbocycles. The third kappa shape index (κ3) is 16.2. The van der Waals surface area contributed by atoms with Gasteiger partial charge in [0.05, 0.1) is 39.0 Å². The second-order valence-electron chi connectivity index (χ2n) is 14.6. The molecule has 0 atom stereocenters. The highest BCUT2D eigenvalue weighted by Gasteiger charge is 2.34. The maximum Gasteiger partial charge on any atom is 0.0890 e. The lowest BCUT2D eigenvalue weighted by molar-refractivity contribution is -0.00000876. The van der Waals surface area contributed by atoms with E-state index in [1.807, 2.05) is 0 Å². The van der Waals surface area contributed by atoms with Crippen molar-refractivity contribution in [3.05, 3.63) is 50.4 Å². The molecule has 0 radical (unpaired) electrons. The van der Waals surface area contributed by atoms with Crippen LogP contribution >= 0.6 is 0 Å². The van der Waals surface area contributed by atoms with Crippen molar-refractivity contribution in [2.45, 2.75) is 125 Å². The molecule has 222 valence electrons. The number of nitrogens with zero attached hydrogens (tertiary/aromatic N) is 2. The number of hydrogen-bond acceptors (Lipinski definition) is 2. The molecule has 0 saturated heterocycles. The predicted molar refractivity (Wildman–Crippen MR) is 184 cm³/mol. The van der Waals surface area contributed by atoms with Crippen molar-refractivity contribution in [1.29, 1.82) is 0 Å². The highest BCUT2D eigenvalue weighted by Crippen LogP contribution is 2.37. The molecule has 0 amide bonds. The minimum Gasteiger partial charge on any atom is -1.00 e.